The number of thiophene rings is 1. The zero-order chi connectivity index (χ0) is 22.0. The Kier molecular flexibility index (Phi) is 4.45. The van der Waals surface area contributed by atoms with E-state index in [1.54, 1.807) is 17.4 Å². The van der Waals surface area contributed by atoms with Crippen molar-refractivity contribution < 1.29 is 9.59 Å². The number of allylic oxidation sites excluding steroid dienone is 1. The van der Waals surface area contributed by atoms with Gasteiger partial charge in [0.1, 0.15) is 0 Å². The molecule has 1 aliphatic carbocycles. The minimum absolute atomic E-state index is 0.113. The maximum absolute atomic E-state index is 12.9. The van der Waals surface area contributed by atoms with Gasteiger partial charge in [0.2, 0.25) is 0 Å². The summed E-state index contributed by atoms with van der Waals surface area (Å²) >= 11 is 1.17. The number of Topliss-reactive ketones (excluding diaryl/α,β-unsaturated/α-hetero) is 2. The van der Waals surface area contributed by atoms with Crippen LogP contribution in [-0.4, -0.2) is 32.0 Å². The number of hydrogen-bond donors (Lipinski definition) is 0. The van der Waals surface area contributed by atoms with E-state index >= 15 is 0 Å². The van der Waals surface area contributed by atoms with Crippen LogP contribution in [-0.2, 0) is 5.41 Å². The van der Waals surface area contributed by atoms with Gasteiger partial charge in [-0.2, -0.15) is 0 Å². The number of ketones is 2. The van der Waals surface area contributed by atoms with Crippen molar-refractivity contribution in [2.24, 2.45) is 0 Å². The number of benzene rings is 2. The van der Waals surface area contributed by atoms with Crippen molar-refractivity contribution in [3.63, 3.8) is 0 Å². The van der Waals surface area contributed by atoms with E-state index in [2.05, 4.69) is 61.2 Å². The molecule has 32 heavy (non-hydrogen) atoms. The van der Waals surface area contributed by atoms with Crippen LogP contribution >= 0.6 is 11.3 Å². The van der Waals surface area contributed by atoms with E-state index in [1.165, 1.54) is 16.8 Å². The Bertz CT molecular complexity index is 1410. The van der Waals surface area contributed by atoms with Gasteiger partial charge in [0.05, 0.1) is 0 Å². The first-order chi connectivity index (χ1) is 15.5. The van der Waals surface area contributed by atoms with Crippen LogP contribution in [0.25, 0.3) is 6.08 Å². The average Bonchev–Trinajstić information content (AvgIpc) is 3.50. The minimum atomic E-state index is -0.471. The quantitative estimate of drug-likeness (QED) is 0.166. The summed E-state index contributed by atoms with van der Waals surface area (Å²) in [4.78, 5) is 28.9. The van der Waals surface area contributed by atoms with E-state index in [-0.39, 0.29) is 17.0 Å². The Morgan fingerprint density at radius 1 is 0.875 bits per heavy atom. The van der Waals surface area contributed by atoms with E-state index in [9.17, 15) is 9.59 Å². The molecule has 0 atom stereocenters. The summed E-state index contributed by atoms with van der Waals surface area (Å²) in [7, 11) is 0. The van der Waals surface area contributed by atoms with Crippen molar-refractivity contribution in [1.29, 1.82) is 0 Å². The Morgan fingerprint density at radius 3 is 2.25 bits per heavy atom. The number of hydrogen-bond acceptors (Lipinski definition) is 4. The van der Waals surface area contributed by atoms with Crippen molar-refractivity contribution in [3.05, 3.63) is 102 Å². The Labute approximate surface area is 200 Å². The molecule has 4 aromatic rings. The van der Waals surface area contributed by atoms with Crippen LogP contribution in [0.1, 0.15) is 50.6 Å². The molecule has 3 heterocycles. The molecule has 2 aromatic heterocycles. The van der Waals surface area contributed by atoms with Crippen molar-refractivity contribution in [2.75, 3.05) is 4.90 Å². The zero-order valence-electron chi connectivity index (χ0n) is 17.6. The summed E-state index contributed by atoms with van der Waals surface area (Å²) in [6.45, 7) is 4.49. The van der Waals surface area contributed by atoms with E-state index < -0.39 is 20.4 Å². The molecule has 5 heteroatoms. The molecule has 3 nitrogen and oxygen atoms in total. The third-order valence-electron chi connectivity index (χ3n) is 6.37. The summed E-state index contributed by atoms with van der Waals surface area (Å²) < 4.78 is 3.97. The van der Waals surface area contributed by atoms with Crippen LogP contribution in [0, 0.1) is 0 Å². The summed E-state index contributed by atoms with van der Waals surface area (Å²) in [5, 5.41) is 1.13. The molecule has 0 unspecified atom stereocenters. The molecular formula is C27H19NO2STe. The molecule has 0 radical (unpaired) electrons. The summed E-state index contributed by atoms with van der Waals surface area (Å²) in [5.41, 5.74) is 6.10. The SMILES string of the molecule is CC1(C)c2ccccc2N(c2ccccc2)c2sc(C=C3C(=O)c4c[te]cc4C3=O)cc21. The predicted octanol–water partition coefficient (Wildman–Crippen LogP) is 6.38. The van der Waals surface area contributed by atoms with Gasteiger partial charge in [-0.3, -0.25) is 0 Å². The number of carbonyl (C=O) groups is 2. The number of nitrogens with zero attached hydrogens (tertiary/aromatic N) is 1. The molecule has 0 spiro atoms. The fourth-order valence-electron chi connectivity index (χ4n) is 4.69. The van der Waals surface area contributed by atoms with Crippen molar-refractivity contribution in [3.8, 4) is 0 Å². The number of anilines is 3. The first-order valence-corrected chi connectivity index (χ1v) is 13.9. The third kappa shape index (κ3) is 2.79. The molecule has 1 aliphatic heterocycles. The molecule has 0 N–H and O–H groups in total. The summed E-state index contributed by atoms with van der Waals surface area (Å²) in [5.74, 6) is -0.227. The van der Waals surface area contributed by atoms with Gasteiger partial charge in [0, 0.05) is 0 Å². The standard InChI is InChI=1S/C27H19NO2STe/c1-27(2)21-10-6-7-11-23(21)28(16-8-4-3-5-9-16)26-22(27)13-17(31-26)12-18-24(29)19-14-32-15-20(19)25(18)30/h3-15H,1-2H3. The van der Waals surface area contributed by atoms with Crippen LogP contribution in [0.3, 0.4) is 0 Å². The predicted molar refractivity (Wildman–Crippen MR) is 131 cm³/mol. The Morgan fingerprint density at radius 2 is 1.53 bits per heavy atom. The monoisotopic (exact) mass is 551 g/mol. The van der Waals surface area contributed by atoms with Gasteiger partial charge in [0.15, 0.2) is 0 Å². The van der Waals surface area contributed by atoms with Crippen LogP contribution < -0.4 is 4.90 Å². The summed E-state index contributed by atoms with van der Waals surface area (Å²) in [6.07, 6.45) is 1.80. The van der Waals surface area contributed by atoms with E-state index in [1.807, 2.05) is 26.4 Å². The van der Waals surface area contributed by atoms with Crippen molar-refractivity contribution >= 4 is 65.8 Å². The van der Waals surface area contributed by atoms with Gasteiger partial charge in [0.25, 0.3) is 0 Å². The first kappa shape index (κ1) is 19.9. The molecule has 0 fully saturated rings. The number of para-hydroxylation sites is 2. The molecule has 6 rings (SSSR count). The second kappa shape index (κ2) is 7.15. The molecule has 0 bridgehead atoms. The molecule has 0 amide bonds. The molecule has 2 aliphatic rings. The van der Waals surface area contributed by atoms with Crippen molar-refractivity contribution in [2.45, 2.75) is 19.3 Å². The summed E-state index contributed by atoms with van der Waals surface area (Å²) in [6, 6.07) is 21.0. The van der Waals surface area contributed by atoms with Crippen LogP contribution in [0.2, 0.25) is 0 Å². The number of carbonyl (C=O) groups excluding carboxylic acids is 2. The van der Waals surface area contributed by atoms with Gasteiger partial charge in [-0.1, -0.05) is 6.07 Å². The Balaban J connectivity index is 1.54. The van der Waals surface area contributed by atoms with Gasteiger partial charge >= 0.3 is 195 Å². The second-order valence-electron chi connectivity index (χ2n) is 8.60. The molecular weight excluding hydrogens is 530 g/mol. The van der Waals surface area contributed by atoms with Crippen LogP contribution in [0.15, 0.2) is 74.4 Å². The average molecular weight is 549 g/mol. The van der Waals surface area contributed by atoms with Gasteiger partial charge < -0.3 is 0 Å². The van der Waals surface area contributed by atoms with E-state index in [4.69, 9.17) is 0 Å². The number of fused-ring (bicyclic) bond motifs is 3. The van der Waals surface area contributed by atoms with Gasteiger partial charge in [-0.15, -0.1) is 0 Å². The molecule has 2 aromatic carbocycles. The normalized spacial score (nSPS) is 16.1. The fraction of sp³-hybridized carbons (Fsp3) is 0.111. The van der Waals surface area contributed by atoms with E-state index in [0.717, 1.165) is 15.6 Å². The third-order valence-corrected chi connectivity index (χ3v) is 9.56. The second-order valence-corrected chi connectivity index (χ2v) is 11.8. The maximum atomic E-state index is 12.9. The fourth-order valence-corrected chi connectivity index (χ4v) is 8.29. The molecule has 0 saturated heterocycles. The van der Waals surface area contributed by atoms with E-state index in [0.29, 0.717) is 16.7 Å². The topological polar surface area (TPSA) is 37.4 Å². The van der Waals surface area contributed by atoms with Gasteiger partial charge in [-0.05, 0) is 0 Å². The molecule has 0 saturated carbocycles. The van der Waals surface area contributed by atoms with Gasteiger partial charge in [-0.25, -0.2) is 0 Å². The van der Waals surface area contributed by atoms with Crippen LogP contribution in [0.4, 0.5) is 16.4 Å². The Hall–Kier alpha value is -2.71. The van der Waals surface area contributed by atoms with Crippen LogP contribution in [0.5, 0.6) is 0 Å². The first-order valence-electron chi connectivity index (χ1n) is 10.4. The molecule has 156 valence electrons. The number of rotatable bonds is 2. The van der Waals surface area contributed by atoms with Crippen molar-refractivity contribution in [1.82, 2.24) is 0 Å². The zero-order valence-corrected chi connectivity index (χ0v) is 20.7.